The van der Waals surface area contributed by atoms with Crippen LogP contribution in [-0.4, -0.2) is 5.78 Å². The summed E-state index contributed by atoms with van der Waals surface area (Å²) in [5.41, 5.74) is 1.88. The lowest BCUT2D eigenvalue weighted by Crippen LogP contribution is -2.03. The molecule has 6 rings (SSSR count). The van der Waals surface area contributed by atoms with Crippen molar-refractivity contribution < 1.29 is 4.79 Å². The Morgan fingerprint density at radius 2 is 1.04 bits per heavy atom. The predicted molar refractivity (Wildman–Crippen MR) is 114 cm³/mol. The lowest BCUT2D eigenvalue weighted by Gasteiger charge is -2.12. The van der Waals surface area contributed by atoms with Crippen molar-refractivity contribution in [2.75, 3.05) is 0 Å². The van der Waals surface area contributed by atoms with Crippen LogP contribution in [0.15, 0.2) is 78.9 Å². The van der Waals surface area contributed by atoms with E-state index in [9.17, 15) is 4.79 Å². The molecule has 0 aliphatic heterocycles. The number of hydrogen-bond donors (Lipinski definition) is 0. The quantitative estimate of drug-likeness (QED) is 0.279. The van der Waals surface area contributed by atoms with E-state index in [0.717, 1.165) is 16.5 Å². The molecule has 1 nitrogen and oxygen atoms in total. The number of benzene rings is 5. The molecule has 1 heteroatoms. The second-order valence-electron chi connectivity index (χ2n) is 7.41. The molecule has 27 heavy (non-hydrogen) atoms. The molecule has 0 unspecified atom stereocenters. The molecular weight excluding hydrogens is 328 g/mol. The second kappa shape index (κ2) is 5.28. The zero-order valence-corrected chi connectivity index (χ0v) is 14.7. The summed E-state index contributed by atoms with van der Waals surface area (Å²) in [6.07, 6.45) is 4.52. The number of allylic oxidation sites excluding steroid dienone is 1. The highest BCUT2D eigenvalue weighted by Crippen LogP contribution is 2.32. The van der Waals surface area contributed by atoms with Gasteiger partial charge in [-0.3, -0.25) is 4.79 Å². The van der Waals surface area contributed by atoms with Gasteiger partial charge in [0.05, 0.1) is 0 Å². The molecule has 5 aromatic carbocycles. The standard InChI is InChI=1S/C26H16O/c27-26-7-3-6-18-10-21-13-22-11-19-8-16-4-1-2-5-17(16)9-20(19)12-23(22)14-24(21)15-25(18)26/h1-6,8-15H,7H2. The third kappa shape index (κ3) is 2.22. The number of Topliss-reactive ketones (excluding diaryl/α,β-unsaturated/α-hetero) is 1. The first-order chi connectivity index (χ1) is 13.2. The Labute approximate surface area is 156 Å². The van der Waals surface area contributed by atoms with E-state index in [-0.39, 0.29) is 5.78 Å². The summed E-state index contributed by atoms with van der Waals surface area (Å²) in [4.78, 5) is 12.2. The minimum atomic E-state index is 0.208. The monoisotopic (exact) mass is 344 g/mol. The van der Waals surface area contributed by atoms with E-state index >= 15 is 0 Å². The van der Waals surface area contributed by atoms with E-state index in [1.807, 2.05) is 6.08 Å². The van der Waals surface area contributed by atoms with Gasteiger partial charge in [0.1, 0.15) is 0 Å². The highest BCUT2D eigenvalue weighted by molar-refractivity contribution is 6.11. The molecule has 0 N–H and O–H groups in total. The lowest BCUT2D eigenvalue weighted by atomic mass is 9.91. The molecule has 0 radical (unpaired) electrons. The van der Waals surface area contributed by atoms with Crippen LogP contribution >= 0.6 is 0 Å². The SMILES string of the molecule is O=C1CC=Cc2cc3cc4cc5cc6ccccc6cc5cc4cc3cc21. The average Bonchev–Trinajstić information content (AvgIpc) is 2.68. The van der Waals surface area contributed by atoms with Crippen molar-refractivity contribution in [3.63, 3.8) is 0 Å². The fourth-order valence-electron chi connectivity index (χ4n) is 4.30. The number of rotatable bonds is 0. The number of hydrogen-bond acceptors (Lipinski definition) is 1. The van der Waals surface area contributed by atoms with Gasteiger partial charge in [-0.15, -0.1) is 0 Å². The summed E-state index contributed by atoms with van der Waals surface area (Å²) < 4.78 is 0. The zero-order chi connectivity index (χ0) is 18.0. The van der Waals surface area contributed by atoms with Crippen LogP contribution in [0.2, 0.25) is 0 Å². The molecule has 0 amide bonds. The van der Waals surface area contributed by atoms with Crippen molar-refractivity contribution in [3.05, 3.63) is 90.0 Å². The summed E-state index contributed by atoms with van der Waals surface area (Å²) in [7, 11) is 0. The highest BCUT2D eigenvalue weighted by Gasteiger charge is 2.14. The molecule has 1 aliphatic rings. The van der Waals surface area contributed by atoms with Crippen LogP contribution in [0.3, 0.4) is 0 Å². The molecule has 5 aromatic rings. The van der Waals surface area contributed by atoms with Crippen LogP contribution in [0.25, 0.3) is 49.2 Å². The Kier molecular flexibility index (Phi) is 2.87. The Balaban J connectivity index is 1.68. The average molecular weight is 344 g/mol. The first-order valence-electron chi connectivity index (χ1n) is 9.28. The van der Waals surface area contributed by atoms with Crippen molar-refractivity contribution in [3.8, 4) is 0 Å². The molecule has 0 heterocycles. The third-order valence-electron chi connectivity index (χ3n) is 5.68. The predicted octanol–water partition coefficient (Wildman–Crippen LogP) is 6.90. The van der Waals surface area contributed by atoms with Crippen LogP contribution in [0.5, 0.6) is 0 Å². The van der Waals surface area contributed by atoms with E-state index in [1.54, 1.807) is 0 Å². The zero-order valence-electron chi connectivity index (χ0n) is 14.7. The summed E-state index contributed by atoms with van der Waals surface area (Å²) in [6, 6.07) is 26.2. The maximum absolute atomic E-state index is 12.2. The normalized spacial score (nSPS) is 13.7. The fourth-order valence-corrected chi connectivity index (χ4v) is 4.30. The Morgan fingerprint density at radius 1 is 0.556 bits per heavy atom. The molecule has 0 atom stereocenters. The molecule has 0 fully saturated rings. The molecule has 0 saturated carbocycles. The summed E-state index contributed by atoms with van der Waals surface area (Å²) in [5, 5.41) is 9.79. The maximum Gasteiger partial charge on any atom is 0.167 e. The summed E-state index contributed by atoms with van der Waals surface area (Å²) in [5.74, 6) is 0.208. The van der Waals surface area contributed by atoms with Gasteiger partial charge in [-0.05, 0) is 97.2 Å². The van der Waals surface area contributed by atoms with Crippen molar-refractivity contribution in [2.24, 2.45) is 0 Å². The maximum atomic E-state index is 12.2. The van der Waals surface area contributed by atoms with Crippen LogP contribution < -0.4 is 0 Å². The van der Waals surface area contributed by atoms with Gasteiger partial charge in [-0.2, -0.15) is 0 Å². The second-order valence-corrected chi connectivity index (χ2v) is 7.41. The Hall–Kier alpha value is -3.45. The third-order valence-corrected chi connectivity index (χ3v) is 5.68. The first kappa shape index (κ1) is 14.7. The molecular formula is C26H16O. The molecule has 0 spiro atoms. The van der Waals surface area contributed by atoms with Gasteiger partial charge in [0.25, 0.3) is 0 Å². The van der Waals surface area contributed by atoms with E-state index in [0.29, 0.717) is 6.42 Å². The number of ketones is 1. The number of carbonyl (C=O) groups excluding carboxylic acids is 1. The van der Waals surface area contributed by atoms with Crippen molar-refractivity contribution >= 4 is 54.9 Å². The molecule has 1 aliphatic carbocycles. The Bertz CT molecular complexity index is 1450. The minimum absolute atomic E-state index is 0.208. The molecule has 0 bridgehead atoms. The van der Waals surface area contributed by atoms with Crippen LogP contribution in [0.4, 0.5) is 0 Å². The molecule has 126 valence electrons. The number of carbonyl (C=O) groups is 1. The molecule has 0 aromatic heterocycles. The van der Waals surface area contributed by atoms with Gasteiger partial charge in [0, 0.05) is 12.0 Å². The smallest absolute Gasteiger partial charge is 0.167 e. The largest absolute Gasteiger partial charge is 0.294 e. The summed E-state index contributed by atoms with van der Waals surface area (Å²) in [6.45, 7) is 0. The highest BCUT2D eigenvalue weighted by atomic mass is 16.1. The minimum Gasteiger partial charge on any atom is -0.294 e. The topological polar surface area (TPSA) is 17.1 Å². The first-order valence-corrected chi connectivity index (χ1v) is 9.28. The van der Waals surface area contributed by atoms with Crippen molar-refractivity contribution in [2.45, 2.75) is 6.42 Å². The van der Waals surface area contributed by atoms with Crippen LogP contribution in [0.1, 0.15) is 22.3 Å². The van der Waals surface area contributed by atoms with E-state index in [2.05, 4.69) is 78.9 Å². The van der Waals surface area contributed by atoms with Gasteiger partial charge >= 0.3 is 0 Å². The van der Waals surface area contributed by atoms with E-state index in [1.165, 1.54) is 37.7 Å². The van der Waals surface area contributed by atoms with Gasteiger partial charge in [0.15, 0.2) is 5.78 Å². The van der Waals surface area contributed by atoms with Gasteiger partial charge in [-0.1, -0.05) is 36.4 Å². The lowest BCUT2D eigenvalue weighted by molar-refractivity contribution is 0.0994. The molecule has 0 saturated heterocycles. The van der Waals surface area contributed by atoms with E-state index in [4.69, 9.17) is 0 Å². The number of fused-ring (bicyclic) bond motifs is 5. The Morgan fingerprint density at radius 3 is 1.63 bits per heavy atom. The summed E-state index contributed by atoms with van der Waals surface area (Å²) >= 11 is 0. The fraction of sp³-hybridized carbons (Fsp3) is 0.0385. The van der Waals surface area contributed by atoms with Crippen molar-refractivity contribution in [1.29, 1.82) is 0 Å². The van der Waals surface area contributed by atoms with Crippen LogP contribution in [-0.2, 0) is 0 Å². The van der Waals surface area contributed by atoms with Crippen molar-refractivity contribution in [1.82, 2.24) is 0 Å². The van der Waals surface area contributed by atoms with Gasteiger partial charge < -0.3 is 0 Å². The van der Waals surface area contributed by atoms with Gasteiger partial charge in [-0.25, -0.2) is 0 Å². The van der Waals surface area contributed by atoms with Crippen LogP contribution in [0, 0.1) is 0 Å². The van der Waals surface area contributed by atoms with E-state index < -0.39 is 0 Å². The van der Waals surface area contributed by atoms with Gasteiger partial charge in [0.2, 0.25) is 0 Å².